The quantitative estimate of drug-likeness (QED) is 0.643. The summed E-state index contributed by atoms with van der Waals surface area (Å²) >= 11 is 0. The van der Waals surface area contributed by atoms with Gasteiger partial charge < -0.3 is 4.79 Å². The lowest BCUT2D eigenvalue weighted by atomic mass is 9.91. The molecular formula is C20H16O. The number of hydrogen-bond donors (Lipinski definition) is 0. The van der Waals surface area contributed by atoms with E-state index in [9.17, 15) is 4.79 Å². The Hall–Kier alpha value is -2.41. The van der Waals surface area contributed by atoms with Gasteiger partial charge in [-0.3, -0.25) is 0 Å². The summed E-state index contributed by atoms with van der Waals surface area (Å²) in [4.78, 5) is 11.7. The van der Waals surface area contributed by atoms with Crippen LogP contribution >= 0.6 is 0 Å². The van der Waals surface area contributed by atoms with Crippen LogP contribution in [0, 0.1) is 0 Å². The summed E-state index contributed by atoms with van der Waals surface area (Å²) in [6.45, 7) is 0. The molecule has 1 unspecified atom stereocenters. The third-order valence-corrected chi connectivity index (χ3v) is 4.70. The average Bonchev–Trinajstić information content (AvgIpc) is 3.31. The van der Waals surface area contributed by atoms with Crippen molar-refractivity contribution in [3.8, 4) is 0 Å². The van der Waals surface area contributed by atoms with E-state index in [0.717, 1.165) is 18.3 Å². The monoisotopic (exact) mass is 272 g/mol. The molecule has 1 saturated carbocycles. The Labute approximate surface area is 124 Å². The molecule has 0 aliphatic heterocycles. The summed E-state index contributed by atoms with van der Waals surface area (Å²) < 4.78 is 0. The van der Waals surface area contributed by atoms with E-state index in [0.29, 0.717) is 5.92 Å². The molecule has 0 heterocycles. The number of carbonyl (C=O) groups is 1. The van der Waals surface area contributed by atoms with Crippen molar-refractivity contribution < 1.29 is 4.79 Å². The van der Waals surface area contributed by atoms with Crippen molar-refractivity contribution in [2.75, 3.05) is 0 Å². The molecule has 1 fully saturated rings. The number of carbonyl (C=O) groups excluding carboxylic acids is 1. The van der Waals surface area contributed by atoms with Crippen LogP contribution in [0.2, 0.25) is 0 Å². The number of hydrogen-bond acceptors (Lipinski definition) is 1. The zero-order chi connectivity index (χ0) is 14.3. The van der Waals surface area contributed by atoms with Gasteiger partial charge in [0.25, 0.3) is 0 Å². The highest BCUT2D eigenvalue weighted by Gasteiger charge is 2.56. The van der Waals surface area contributed by atoms with Crippen molar-refractivity contribution in [1.82, 2.24) is 0 Å². The highest BCUT2D eigenvalue weighted by atomic mass is 16.1. The van der Waals surface area contributed by atoms with Crippen LogP contribution in [0.4, 0.5) is 0 Å². The minimum Gasteiger partial charge on any atom is -0.302 e. The number of fused-ring (bicyclic) bond motifs is 1. The largest absolute Gasteiger partial charge is 0.302 e. The molecular weight excluding hydrogens is 256 g/mol. The zero-order valence-electron chi connectivity index (χ0n) is 11.7. The minimum atomic E-state index is -0.316. The van der Waals surface area contributed by atoms with Crippen molar-refractivity contribution in [2.24, 2.45) is 0 Å². The zero-order valence-corrected chi connectivity index (χ0v) is 11.7. The van der Waals surface area contributed by atoms with E-state index in [1.165, 1.54) is 16.3 Å². The SMILES string of the molecule is O=C[C@]1(c2ccccc2)CC1c1ccc2ccccc2c1. The molecule has 1 heteroatoms. The fourth-order valence-corrected chi connectivity index (χ4v) is 3.38. The Morgan fingerprint density at radius 2 is 1.57 bits per heavy atom. The van der Waals surface area contributed by atoms with Gasteiger partial charge in [0.15, 0.2) is 0 Å². The highest BCUT2D eigenvalue weighted by molar-refractivity contribution is 5.84. The first-order chi connectivity index (χ1) is 10.3. The van der Waals surface area contributed by atoms with Gasteiger partial charge in [-0.25, -0.2) is 0 Å². The van der Waals surface area contributed by atoms with Crippen LogP contribution in [0.15, 0.2) is 72.8 Å². The Morgan fingerprint density at radius 1 is 0.857 bits per heavy atom. The summed E-state index contributed by atoms with van der Waals surface area (Å²) in [6.07, 6.45) is 2.06. The summed E-state index contributed by atoms with van der Waals surface area (Å²) in [5, 5.41) is 2.49. The lowest BCUT2D eigenvalue weighted by Crippen LogP contribution is -2.11. The number of rotatable bonds is 3. The molecule has 4 rings (SSSR count). The smallest absolute Gasteiger partial charge is 0.131 e. The maximum absolute atomic E-state index is 11.7. The molecule has 102 valence electrons. The van der Waals surface area contributed by atoms with E-state index in [1.54, 1.807) is 0 Å². The molecule has 0 N–H and O–H groups in total. The first-order valence-corrected chi connectivity index (χ1v) is 7.34. The molecule has 0 aromatic heterocycles. The van der Waals surface area contributed by atoms with Gasteiger partial charge in [-0.1, -0.05) is 72.8 Å². The molecule has 1 aliphatic rings. The van der Waals surface area contributed by atoms with E-state index in [4.69, 9.17) is 0 Å². The maximum Gasteiger partial charge on any atom is 0.131 e. The lowest BCUT2D eigenvalue weighted by Gasteiger charge is -2.11. The maximum atomic E-state index is 11.7. The predicted octanol–water partition coefficient (Wildman–Crippen LogP) is 4.46. The highest BCUT2D eigenvalue weighted by Crippen LogP contribution is 2.59. The van der Waals surface area contributed by atoms with Crippen molar-refractivity contribution in [2.45, 2.75) is 17.8 Å². The summed E-state index contributed by atoms with van der Waals surface area (Å²) in [5.41, 5.74) is 2.09. The van der Waals surface area contributed by atoms with Crippen LogP contribution < -0.4 is 0 Å². The molecule has 0 radical (unpaired) electrons. The number of benzene rings is 3. The van der Waals surface area contributed by atoms with Gasteiger partial charge >= 0.3 is 0 Å². The van der Waals surface area contributed by atoms with Gasteiger partial charge in [0.05, 0.1) is 5.41 Å². The lowest BCUT2D eigenvalue weighted by molar-refractivity contribution is -0.110. The molecule has 0 amide bonds. The van der Waals surface area contributed by atoms with Gasteiger partial charge in [-0.05, 0) is 28.3 Å². The standard InChI is InChI=1S/C20H16O/c21-14-20(18-8-2-1-3-9-18)13-19(20)17-11-10-15-6-4-5-7-16(15)12-17/h1-12,14,19H,13H2/t19?,20-/m0/s1. The Bertz CT molecular complexity index is 806. The fraction of sp³-hybridized carbons (Fsp3) is 0.150. The third-order valence-electron chi connectivity index (χ3n) is 4.70. The average molecular weight is 272 g/mol. The molecule has 21 heavy (non-hydrogen) atoms. The van der Waals surface area contributed by atoms with Crippen LogP contribution in [0.1, 0.15) is 23.5 Å². The molecule has 1 nitrogen and oxygen atoms in total. The van der Waals surface area contributed by atoms with E-state index >= 15 is 0 Å². The molecule has 1 aliphatic carbocycles. The Morgan fingerprint density at radius 3 is 2.33 bits per heavy atom. The van der Waals surface area contributed by atoms with Crippen LogP contribution in [0.5, 0.6) is 0 Å². The fourth-order valence-electron chi connectivity index (χ4n) is 3.38. The van der Waals surface area contributed by atoms with Crippen LogP contribution in [-0.4, -0.2) is 6.29 Å². The summed E-state index contributed by atoms with van der Waals surface area (Å²) in [7, 11) is 0. The molecule has 3 aromatic carbocycles. The first-order valence-electron chi connectivity index (χ1n) is 7.34. The molecule has 2 atom stereocenters. The van der Waals surface area contributed by atoms with Crippen molar-refractivity contribution >= 4 is 17.1 Å². The Kier molecular flexibility index (Phi) is 2.68. The Balaban J connectivity index is 1.75. The second-order valence-electron chi connectivity index (χ2n) is 5.89. The molecule has 3 aromatic rings. The van der Waals surface area contributed by atoms with E-state index in [2.05, 4.69) is 54.6 Å². The number of aldehydes is 1. The second-order valence-corrected chi connectivity index (χ2v) is 5.89. The van der Waals surface area contributed by atoms with Gasteiger partial charge in [-0.2, -0.15) is 0 Å². The van der Waals surface area contributed by atoms with Gasteiger partial charge in [0.1, 0.15) is 6.29 Å². The van der Waals surface area contributed by atoms with Crippen molar-refractivity contribution in [3.63, 3.8) is 0 Å². The van der Waals surface area contributed by atoms with Gasteiger partial charge in [-0.15, -0.1) is 0 Å². The van der Waals surface area contributed by atoms with Gasteiger partial charge in [0.2, 0.25) is 0 Å². The van der Waals surface area contributed by atoms with Crippen LogP contribution in [0.25, 0.3) is 10.8 Å². The van der Waals surface area contributed by atoms with Crippen LogP contribution in [0.3, 0.4) is 0 Å². The van der Waals surface area contributed by atoms with Crippen molar-refractivity contribution in [1.29, 1.82) is 0 Å². The predicted molar refractivity (Wildman–Crippen MR) is 85.5 cm³/mol. The van der Waals surface area contributed by atoms with Crippen LogP contribution in [-0.2, 0) is 10.2 Å². The second kappa shape index (κ2) is 4.56. The van der Waals surface area contributed by atoms with Crippen molar-refractivity contribution in [3.05, 3.63) is 83.9 Å². The van der Waals surface area contributed by atoms with E-state index in [1.807, 2.05) is 18.2 Å². The normalized spacial score (nSPS) is 23.9. The molecule has 0 spiro atoms. The van der Waals surface area contributed by atoms with E-state index < -0.39 is 0 Å². The minimum absolute atomic E-state index is 0.307. The first kappa shape index (κ1) is 12.3. The van der Waals surface area contributed by atoms with E-state index in [-0.39, 0.29) is 5.41 Å². The molecule has 0 saturated heterocycles. The molecule has 0 bridgehead atoms. The summed E-state index contributed by atoms with van der Waals surface area (Å²) in [6, 6.07) is 25.1. The van der Waals surface area contributed by atoms with Gasteiger partial charge in [0, 0.05) is 5.92 Å². The topological polar surface area (TPSA) is 17.1 Å². The third kappa shape index (κ3) is 1.89. The summed E-state index contributed by atoms with van der Waals surface area (Å²) in [5.74, 6) is 0.307.